The lowest BCUT2D eigenvalue weighted by molar-refractivity contribution is -0.121. The molecule has 17 heavy (non-hydrogen) atoms. The minimum absolute atomic E-state index is 0.0200. The van der Waals surface area contributed by atoms with Crippen molar-refractivity contribution in [2.24, 2.45) is 5.84 Å². The van der Waals surface area contributed by atoms with Gasteiger partial charge in [0, 0.05) is 12.2 Å². The van der Waals surface area contributed by atoms with E-state index in [9.17, 15) is 4.79 Å². The lowest BCUT2D eigenvalue weighted by Crippen LogP contribution is -2.38. The van der Waals surface area contributed by atoms with Crippen molar-refractivity contribution in [3.8, 4) is 0 Å². The summed E-state index contributed by atoms with van der Waals surface area (Å²) in [5.74, 6) is 6.05. The number of nitrogens with zero attached hydrogens (tertiary/aromatic N) is 2. The summed E-state index contributed by atoms with van der Waals surface area (Å²) in [6, 6.07) is 1.71. The normalized spacial score (nSPS) is 16.1. The molecule has 1 aromatic rings. The average molecular weight is 236 g/mol. The first-order valence-electron chi connectivity index (χ1n) is 5.55. The number of carbonyl (C=O) groups excluding carboxylic acids is 1. The maximum absolute atomic E-state index is 11.7. The Morgan fingerprint density at radius 1 is 1.59 bits per heavy atom. The van der Waals surface area contributed by atoms with Crippen molar-refractivity contribution in [3.05, 3.63) is 12.3 Å². The minimum Gasteiger partial charge on any atom is -0.358 e. The van der Waals surface area contributed by atoms with Gasteiger partial charge in [-0.1, -0.05) is 0 Å². The second kappa shape index (κ2) is 4.96. The molecule has 0 saturated heterocycles. The van der Waals surface area contributed by atoms with Crippen LogP contribution < -0.4 is 21.9 Å². The molecule has 1 aliphatic carbocycles. The molecule has 1 fully saturated rings. The number of nitrogens with two attached hydrogens (primary N) is 1. The van der Waals surface area contributed by atoms with Crippen LogP contribution >= 0.6 is 0 Å². The SMILES string of the molecule is CC(Nc1ccnc(NN)n1)C(=O)NC1CC1. The van der Waals surface area contributed by atoms with Crippen molar-refractivity contribution in [2.75, 3.05) is 10.7 Å². The van der Waals surface area contributed by atoms with Gasteiger partial charge in [-0.15, -0.1) is 0 Å². The summed E-state index contributed by atoms with van der Waals surface area (Å²) in [5.41, 5.74) is 2.35. The summed E-state index contributed by atoms with van der Waals surface area (Å²) in [5, 5.41) is 5.91. The molecule has 1 heterocycles. The highest BCUT2D eigenvalue weighted by atomic mass is 16.2. The van der Waals surface area contributed by atoms with Crippen LogP contribution in [0.5, 0.6) is 0 Å². The number of nitrogens with one attached hydrogen (secondary N) is 3. The number of hydrogen-bond donors (Lipinski definition) is 4. The lowest BCUT2D eigenvalue weighted by atomic mass is 10.3. The molecule has 0 spiro atoms. The summed E-state index contributed by atoms with van der Waals surface area (Å²) in [4.78, 5) is 19.6. The van der Waals surface area contributed by atoms with Crippen LogP contribution in [0.25, 0.3) is 0 Å². The Balaban J connectivity index is 1.91. The first-order valence-corrected chi connectivity index (χ1v) is 5.55. The molecule has 0 aliphatic heterocycles. The van der Waals surface area contributed by atoms with Crippen molar-refractivity contribution < 1.29 is 4.79 Å². The summed E-state index contributed by atoms with van der Waals surface area (Å²) in [6.45, 7) is 1.79. The molecule has 7 nitrogen and oxygen atoms in total. The Morgan fingerprint density at radius 3 is 3.00 bits per heavy atom. The van der Waals surface area contributed by atoms with Crippen LogP contribution in [0.1, 0.15) is 19.8 Å². The number of carbonyl (C=O) groups is 1. The van der Waals surface area contributed by atoms with Crippen molar-refractivity contribution in [1.29, 1.82) is 0 Å². The van der Waals surface area contributed by atoms with E-state index in [1.54, 1.807) is 19.2 Å². The highest BCUT2D eigenvalue weighted by Crippen LogP contribution is 2.18. The average Bonchev–Trinajstić information content (AvgIpc) is 3.13. The van der Waals surface area contributed by atoms with Crippen LogP contribution in [-0.2, 0) is 4.79 Å². The van der Waals surface area contributed by atoms with Gasteiger partial charge in [-0.25, -0.2) is 10.8 Å². The van der Waals surface area contributed by atoms with Crippen LogP contribution in [0.3, 0.4) is 0 Å². The molecule has 92 valence electrons. The predicted octanol–water partition coefficient (Wildman–Crippen LogP) is -0.159. The van der Waals surface area contributed by atoms with E-state index in [2.05, 4.69) is 26.0 Å². The second-order valence-corrected chi connectivity index (χ2v) is 4.06. The lowest BCUT2D eigenvalue weighted by Gasteiger charge is -2.14. The van der Waals surface area contributed by atoms with Gasteiger partial charge < -0.3 is 10.6 Å². The van der Waals surface area contributed by atoms with E-state index >= 15 is 0 Å². The van der Waals surface area contributed by atoms with Crippen LogP contribution in [0.4, 0.5) is 11.8 Å². The molecule has 0 radical (unpaired) electrons. The summed E-state index contributed by atoms with van der Waals surface area (Å²) in [7, 11) is 0. The van der Waals surface area contributed by atoms with Crippen LogP contribution in [0.2, 0.25) is 0 Å². The number of anilines is 2. The summed E-state index contributed by atoms with van der Waals surface area (Å²) < 4.78 is 0. The van der Waals surface area contributed by atoms with E-state index in [-0.39, 0.29) is 11.9 Å². The summed E-state index contributed by atoms with van der Waals surface area (Å²) in [6.07, 6.45) is 3.72. The smallest absolute Gasteiger partial charge is 0.242 e. The van der Waals surface area contributed by atoms with Gasteiger partial charge in [-0.2, -0.15) is 4.98 Å². The molecule has 1 saturated carbocycles. The molecule has 1 atom stereocenters. The number of amides is 1. The number of hydrogen-bond acceptors (Lipinski definition) is 6. The Kier molecular flexibility index (Phi) is 3.38. The Hall–Kier alpha value is -1.89. The van der Waals surface area contributed by atoms with Crippen molar-refractivity contribution in [1.82, 2.24) is 15.3 Å². The van der Waals surface area contributed by atoms with Gasteiger partial charge in [0.05, 0.1) is 0 Å². The zero-order valence-corrected chi connectivity index (χ0v) is 9.60. The molecule has 1 aromatic heterocycles. The fourth-order valence-corrected chi connectivity index (χ4v) is 1.35. The van der Waals surface area contributed by atoms with E-state index in [0.717, 1.165) is 12.8 Å². The third kappa shape index (κ3) is 3.28. The van der Waals surface area contributed by atoms with Crippen molar-refractivity contribution in [3.63, 3.8) is 0 Å². The van der Waals surface area contributed by atoms with Crippen molar-refractivity contribution in [2.45, 2.75) is 31.8 Å². The van der Waals surface area contributed by atoms with E-state index in [1.165, 1.54) is 0 Å². The third-order valence-corrected chi connectivity index (χ3v) is 2.47. The molecule has 0 bridgehead atoms. The van der Waals surface area contributed by atoms with Gasteiger partial charge in [-0.05, 0) is 25.8 Å². The Bertz CT molecular complexity index is 406. The zero-order valence-electron chi connectivity index (χ0n) is 9.60. The molecular formula is C10H16N6O. The molecule has 0 aromatic carbocycles. The van der Waals surface area contributed by atoms with Crippen molar-refractivity contribution >= 4 is 17.7 Å². The maximum Gasteiger partial charge on any atom is 0.242 e. The predicted molar refractivity (Wildman–Crippen MR) is 64.1 cm³/mol. The quantitative estimate of drug-likeness (QED) is 0.418. The van der Waals surface area contributed by atoms with E-state index in [0.29, 0.717) is 17.8 Å². The molecular weight excluding hydrogens is 220 g/mol. The van der Waals surface area contributed by atoms with Gasteiger partial charge in [0.25, 0.3) is 0 Å². The fraction of sp³-hybridized carbons (Fsp3) is 0.500. The number of aromatic nitrogens is 2. The third-order valence-electron chi connectivity index (χ3n) is 2.47. The first kappa shape index (κ1) is 11.6. The number of nitrogen functional groups attached to an aromatic ring is 1. The Morgan fingerprint density at radius 2 is 2.35 bits per heavy atom. The molecule has 1 amide bonds. The molecule has 2 rings (SSSR count). The number of rotatable bonds is 5. The Labute approximate surface area is 99.2 Å². The largest absolute Gasteiger partial charge is 0.358 e. The van der Waals surface area contributed by atoms with Gasteiger partial charge in [0.15, 0.2) is 0 Å². The zero-order chi connectivity index (χ0) is 12.3. The van der Waals surface area contributed by atoms with Gasteiger partial charge in [0.2, 0.25) is 11.9 Å². The molecule has 5 N–H and O–H groups in total. The van der Waals surface area contributed by atoms with Crippen LogP contribution in [0.15, 0.2) is 12.3 Å². The van der Waals surface area contributed by atoms with E-state index in [1.807, 2.05) is 0 Å². The minimum atomic E-state index is -0.337. The fourth-order valence-electron chi connectivity index (χ4n) is 1.35. The van der Waals surface area contributed by atoms with Gasteiger partial charge in [0.1, 0.15) is 11.9 Å². The molecule has 1 aliphatic rings. The van der Waals surface area contributed by atoms with Crippen LogP contribution in [-0.4, -0.2) is 28.0 Å². The van der Waals surface area contributed by atoms with Gasteiger partial charge >= 0.3 is 0 Å². The van der Waals surface area contributed by atoms with E-state index in [4.69, 9.17) is 5.84 Å². The van der Waals surface area contributed by atoms with Gasteiger partial charge in [-0.3, -0.25) is 10.2 Å². The number of hydrazine groups is 1. The highest BCUT2D eigenvalue weighted by Gasteiger charge is 2.25. The highest BCUT2D eigenvalue weighted by molar-refractivity contribution is 5.84. The summed E-state index contributed by atoms with van der Waals surface area (Å²) >= 11 is 0. The monoisotopic (exact) mass is 236 g/mol. The second-order valence-electron chi connectivity index (χ2n) is 4.06. The standard InChI is InChI=1S/C10H16N6O/c1-6(9(17)14-7-2-3-7)13-8-4-5-12-10(15-8)16-11/h4-7H,2-3,11H2,1H3,(H,14,17)(H2,12,13,15,16). The van der Waals surface area contributed by atoms with E-state index < -0.39 is 0 Å². The first-order chi connectivity index (χ1) is 8.19. The molecule has 1 unspecified atom stereocenters. The maximum atomic E-state index is 11.7. The van der Waals surface area contributed by atoms with Crippen LogP contribution in [0, 0.1) is 0 Å². The topological polar surface area (TPSA) is 105 Å². The molecule has 7 heteroatoms.